The van der Waals surface area contributed by atoms with Crippen LogP contribution in [0.5, 0.6) is 0 Å². The number of likely N-dealkylation sites (tertiary alicyclic amines) is 1. The van der Waals surface area contributed by atoms with Gasteiger partial charge >= 0.3 is 0 Å². The molecule has 0 aliphatic carbocycles. The highest BCUT2D eigenvalue weighted by molar-refractivity contribution is 6.13. The molecule has 3 heterocycles. The van der Waals surface area contributed by atoms with Crippen LogP contribution in [0.15, 0.2) is 42.5 Å². The molecule has 7 nitrogen and oxygen atoms in total. The predicted molar refractivity (Wildman–Crippen MR) is 136 cm³/mol. The molecular formula is C28H34N4O3. The second-order valence-corrected chi connectivity index (χ2v) is 10.5. The molecule has 0 spiro atoms. The quantitative estimate of drug-likeness (QED) is 0.648. The lowest BCUT2D eigenvalue weighted by Crippen LogP contribution is -2.55. The lowest BCUT2D eigenvalue weighted by Gasteiger charge is -2.32. The summed E-state index contributed by atoms with van der Waals surface area (Å²) in [6, 6.07) is 14.3. The third-order valence-corrected chi connectivity index (χ3v) is 7.93. The number of benzene rings is 2. The van der Waals surface area contributed by atoms with E-state index in [1.54, 1.807) is 4.90 Å². The molecule has 3 aliphatic rings. The molecule has 2 saturated heterocycles. The Hall–Kier alpha value is -3.19. The number of hydrogen-bond donors (Lipinski definition) is 2. The summed E-state index contributed by atoms with van der Waals surface area (Å²) in [6.07, 6.45) is 2.89. The number of anilines is 2. The van der Waals surface area contributed by atoms with Crippen molar-refractivity contribution in [1.29, 1.82) is 0 Å². The summed E-state index contributed by atoms with van der Waals surface area (Å²) in [4.78, 5) is 41.6. The zero-order chi connectivity index (χ0) is 24.7. The average molecular weight is 475 g/mol. The number of carbonyl (C=O) groups excluding carboxylic acids is 3. The SMILES string of the molecule is CNc1ccc(C2CCN(Cc3ccc4c(c3)C(C)(C)C(=O)N4C3CCC(=O)NC3=O)CC2)cc1. The molecule has 0 radical (unpaired) electrons. The van der Waals surface area contributed by atoms with Gasteiger partial charge in [-0.1, -0.05) is 24.3 Å². The molecule has 35 heavy (non-hydrogen) atoms. The van der Waals surface area contributed by atoms with Gasteiger partial charge in [0.2, 0.25) is 17.7 Å². The van der Waals surface area contributed by atoms with Crippen LogP contribution >= 0.6 is 0 Å². The van der Waals surface area contributed by atoms with E-state index in [0.717, 1.165) is 49.4 Å². The van der Waals surface area contributed by atoms with Crippen molar-refractivity contribution in [3.05, 3.63) is 59.2 Å². The van der Waals surface area contributed by atoms with Gasteiger partial charge in [0.1, 0.15) is 6.04 Å². The smallest absolute Gasteiger partial charge is 0.249 e. The van der Waals surface area contributed by atoms with Crippen molar-refractivity contribution < 1.29 is 14.4 Å². The van der Waals surface area contributed by atoms with Gasteiger partial charge < -0.3 is 5.32 Å². The molecule has 2 fully saturated rings. The monoisotopic (exact) mass is 474 g/mol. The molecule has 2 aromatic rings. The minimum absolute atomic E-state index is 0.0794. The summed E-state index contributed by atoms with van der Waals surface area (Å²) >= 11 is 0. The molecule has 0 bridgehead atoms. The molecule has 5 rings (SSSR count). The van der Waals surface area contributed by atoms with Gasteiger partial charge in [0, 0.05) is 31.4 Å². The van der Waals surface area contributed by atoms with Crippen molar-refractivity contribution in [1.82, 2.24) is 10.2 Å². The van der Waals surface area contributed by atoms with Crippen molar-refractivity contribution in [2.24, 2.45) is 0 Å². The Kier molecular flexibility index (Phi) is 6.13. The van der Waals surface area contributed by atoms with Crippen LogP contribution in [0, 0.1) is 0 Å². The maximum Gasteiger partial charge on any atom is 0.249 e. The molecular weight excluding hydrogens is 440 g/mol. The van der Waals surface area contributed by atoms with E-state index in [-0.39, 0.29) is 24.1 Å². The predicted octanol–water partition coefficient (Wildman–Crippen LogP) is 3.54. The number of nitrogens with one attached hydrogen (secondary N) is 2. The van der Waals surface area contributed by atoms with Crippen LogP contribution in [0.3, 0.4) is 0 Å². The van der Waals surface area contributed by atoms with E-state index in [1.807, 2.05) is 27.0 Å². The van der Waals surface area contributed by atoms with Gasteiger partial charge in [-0.05, 0) is 87.0 Å². The van der Waals surface area contributed by atoms with Crippen molar-refractivity contribution in [2.45, 2.75) is 63.5 Å². The van der Waals surface area contributed by atoms with Crippen LogP contribution in [0.25, 0.3) is 0 Å². The van der Waals surface area contributed by atoms with Crippen LogP contribution in [0.2, 0.25) is 0 Å². The fraction of sp³-hybridized carbons (Fsp3) is 0.464. The number of carbonyl (C=O) groups is 3. The Morgan fingerprint density at radius 1 is 1.00 bits per heavy atom. The molecule has 1 atom stereocenters. The van der Waals surface area contributed by atoms with Gasteiger partial charge in [-0.2, -0.15) is 0 Å². The summed E-state index contributed by atoms with van der Waals surface area (Å²) in [5.41, 5.74) is 4.78. The average Bonchev–Trinajstić information content (AvgIpc) is 3.05. The second kappa shape index (κ2) is 9.11. The van der Waals surface area contributed by atoms with E-state index in [1.165, 1.54) is 11.1 Å². The summed E-state index contributed by atoms with van der Waals surface area (Å²) in [5, 5.41) is 5.57. The lowest BCUT2D eigenvalue weighted by atomic mass is 9.85. The summed E-state index contributed by atoms with van der Waals surface area (Å²) in [6.45, 7) is 6.78. The van der Waals surface area contributed by atoms with Gasteiger partial charge in [-0.15, -0.1) is 0 Å². The third-order valence-electron chi connectivity index (χ3n) is 7.93. The van der Waals surface area contributed by atoms with Crippen LogP contribution in [0.1, 0.15) is 62.1 Å². The largest absolute Gasteiger partial charge is 0.388 e. The molecule has 3 aliphatic heterocycles. The van der Waals surface area contributed by atoms with Gasteiger partial charge in [0.25, 0.3) is 0 Å². The summed E-state index contributed by atoms with van der Waals surface area (Å²) in [7, 11) is 1.94. The Morgan fingerprint density at radius 3 is 2.37 bits per heavy atom. The number of hydrogen-bond acceptors (Lipinski definition) is 5. The van der Waals surface area contributed by atoms with E-state index in [0.29, 0.717) is 12.3 Å². The highest BCUT2D eigenvalue weighted by Gasteiger charge is 2.49. The van der Waals surface area contributed by atoms with Crippen molar-refractivity contribution in [2.75, 3.05) is 30.4 Å². The number of piperidine rings is 2. The summed E-state index contributed by atoms with van der Waals surface area (Å²) in [5.74, 6) is -0.141. The Labute approximate surface area is 206 Å². The van der Waals surface area contributed by atoms with E-state index in [4.69, 9.17) is 0 Å². The van der Waals surface area contributed by atoms with E-state index < -0.39 is 11.5 Å². The number of fused-ring (bicyclic) bond motifs is 1. The first-order valence-corrected chi connectivity index (χ1v) is 12.6. The molecule has 2 N–H and O–H groups in total. The van der Waals surface area contributed by atoms with Crippen molar-refractivity contribution in [3.8, 4) is 0 Å². The van der Waals surface area contributed by atoms with Crippen molar-refractivity contribution >= 4 is 29.1 Å². The van der Waals surface area contributed by atoms with Gasteiger partial charge in [0.05, 0.1) is 5.41 Å². The van der Waals surface area contributed by atoms with Gasteiger partial charge in [-0.3, -0.25) is 29.5 Å². The van der Waals surface area contributed by atoms with E-state index in [9.17, 15) is 14.4 Å². The fourth-order valence-corrected chi connectivity index (χ4v) is 5.76. The molecule has 0 aromatic heterocycles. The topological polar surface area (TPSA) is 81.8 Å². The first-order valence-electron chi connectivity index (χ1n) is 12.6. The molecule has 7 heteroatoms. The fourth-order valence-electron chi connectivity index (χ4n) is 5.76. The minimum atomic E-state index is -0.709. The second-order valence-electron chi connectivity index (χ2n) is 10.5. The third kappa shape index (κ3) is 4.33. The number of imide groups is 1. The number of nitrogens with zero attached hydrogens (tertiary/aromatic N) is 2. The zero-order valence-electron chi connectivity index (χ0n) is 20.8. The van der Waals surface area contributed by atoms with Crippen molar-refractivity contribution in [3.63, 3.8) is 0 Å². The molecule has 2 aromatic carbocycles. The molecule has 1 unspecified atom stereocenters. The van der Waals surface area contributed by atoms with Crippen LogP contribution in [0.4, 0.5) is 11.4 Å². The molecule has 184 valence electrons. The number of rotatable bonds is 5. The number of amides is 3. The van der Waals surface area contributed by atoms with Crippen LogP contribution in [-0.4, -0.2) is 48.8 Å². The van der Waals surface area contributed by atoms with Crippen LogP contribution in [-0.2, 0) is 26.3 Å². The normalized spacial score (nSPS) is 22.8. The standard InChI is InChI=1S/C28H34N4O3/c1-28(2)22-16-18(4-9-23(22)32(27(28)35)24-10-11-25(33)30-26(24)34)17-31-14-12-20(13-15-31)19-5-7-21(29-3)8-6-19/h4-9,16,20,24,29H,10-15,17H2,1-3H3,(H,30,33,34). The van der Waals surface area contributed by atoms with Crippen LogP contribution < -0.4 is 15.5 Å². The van der Waals surface area contributed by atoms with E-state index >= 15 is 0 Å². The maximum absolute atomic E-state index is 13.4. The first-order chi connectivity index (χ1) is 16.8. The lowest BCUT2D eigenvalue weighted by molar-refractivity contribution is -0.136. The first kappa shape index (κ1) is 23.5. The Balaban J connectivity index is 1.28. The Bertz CT molecular complexity index is 1150. The Morgan fingerprint density at radius 2 is 1.71 bits per heavy atom. The summed E-state index contributed by atoms with van der Waals surface area (Å²) < 4.78 is 0. The zero-order valence-corrected chi connectivity index (χ0v) is 20.8. The van der Waals surface area contributed by atoms with E-state index in [2.05, 4.69) is 51.9 Å². The minimum Gasteiger partial charge on any atom is -0.388 e. The molecule has 0 saturated carbocycles. The van der Waals surface area contributed by atoms with Gasteiger partial charge in [-0.25, -0.2) is 0 Å². The maximum atomic E-state index is 13.4. The highest BCUT2D eigenvalue weighted by Crippen LogP contribution is 2.44. The van der Waals surface area contributed by atoms with Gasteiger partial charge in [0.15, 0.2) is 0 Å². The highest BCUT2D eigenvalue weighted by atomic mass is 16.2. The molecule has 3 amide bonds.